The van der Waals surface area contributed by atoms with Crippen LogP contribution in [0.25, 0.3) is 11.1 Å². The van der Waals surface area contributed by atoms with Crippen LogP contribution in [0.1, 0.15) is 40.9 Å². The summed E-state index contributed by atoms with van der Waals surface area (Å²) in [5.41, 5.74) is 6.11. The highest BCUT2D eigenvalue weighted by atomic mass is 16.5. The van der Waals surface area contributed by atoms with Crippen LogP contribution in [0.5, 0.6) is 0 Å². The number of aliphatic hydroxyl groups excluding tert-OH is 1. The molecule has 0 spiro atoms. The molecule has 0 radical (unpaired) electrons. The molecule has 1 aliphatic heterocycles. The summed E-state index contributed by atoms with van der Waals surface area (Å²) in [4.78, 5) is 11.8. The van der Waals surface area contributed by atoms with Crippen molar-refractivity contribution in [1.82, 2.24) is 20.2 Å². The molecule has 7 nitrogen and oxygen atoms in total. The van der Waals surface area contributed by atoms with E-state index in [9.17, 15) is 9.90 Å². The molecule has 2 heterocycles. The Morgan fingerprint density at radius 2 is 1.66 bits per heavy atom. The van der Waals surface area contributed by atoms with Crippen molar-refractivity contribution in [3.8, 4) is 0 Å². The highest BCUT2D eigenvalue weighted by molar-refractivity contribution is 6.01. The number of cyclic esters (lactones) is 1. The molecule has 1 fully saturated rings. The minimum atomic E-state index is -0.705. The Morgan fingerprint density at radius 3 is 2.16 bits per heavy atom. The van der Waals surface area contributed by atoms with Crippen LogP contribution in [0, 0.1) is 13.8 Å². The monoisotopic (exact) mass is 430 g/mol. The lowest BCUT2D eigenvalue weighted by atomic mass is 9.91. The number of tetrazole rings is 1. The summed E-state index contributed by atoms with van der Waals surface area (Å²) in [6.07, 6.45) is 2.85. The van der Waals surface area contributed by atoms with Crippen LogP contribution in [0.2, 0.25) is 0 Å². The van der Waals surface area contributed by atoms with E-state index in [-0.39, 0.29) is 6.42 Å². The van der Waals surface area contributed by atoms with Gasteiger partial charge in [-0.05, 0) is 47.1 Å². The van der Waals surface area contributed by atoms with Crippen molar-refractivity contribution in [3.05, 3.63) is 88.8 Å². The highest BCUT2D eigenvalue weighted by Crippen LogP contribution is 2.33. The summed E-state index contributed by atoms with van der Waals surface area (Å²) in [7, 11) is 1.79. The third-order valence-corrected chi connectivity index (χ3v) is 5.48. The van der Waals surface area contributed by atoms with Gasteiger partial charge in [0.1, 0.15) is 6.10 Å². The van der Waals surface area contributed by atoms with E-state index in [1.165, 1.54) is 0 Å². The Bertz CT molecular complexity index is 1110. The van der Waals surface area contributed by atoms with Crippen LogP contribution >= 0.6 is 0 Å². The lowest BCUT2D eigenvalue weighted by Crippen LogP contribution is -2.31. The molecule has 3 aromatic rings. The largest absolute Gasteiger partial charge is 0.458 e. The Balaban J connectivity index is 1.90. The molecule has 164 valence electrons. The van der Waals surface area contributed by atoms with Crippen molar-refractivity contribution in [2.75, 3.05) is 0 Å². The van der Waals surface area contributed by atoms with Gasteiger partial charge in [-0.25, -0.2) is 4.68 Å². The molecule has 7 heteroatoms. The molecule has 0 saturated carbocycles. The number of carbonyl (C=O) groups excluding carboxylic acids is 1. The number of carbonyl (C=O) groups is 1. The molecule has 32 heavy (non-hydrogen) atoms. The molecular formula is C25H26N4O3. The molecule has 1 aromatic heterocycles. The van der Waals surface area contributed by atoms with Gasteiger partial charge < -0.3 is 9.84 Å². The van der Waals surface area contributed by atoms with E-state index in [2.05, 4.69) is 77.9 Å². The van der Waals surface area contributed by atoms with Crippen molar-refractivity contribution in [1.29, 1.82) is 0 Å². The van der Waals surface area contributed by atoms with Gasteiger partial charge in [0.2, 0.25) is 0 Å². The number of hydrogen-bond donors (Lipinski definition) is 1. The van der Waals surface area contributed by atoms with E-state index < -0.39 is 18.2 Å². The number of nitrogens with zero attached hydrogens (tertiary/aromatic N) is 4. The van der Waals surface area contributed by atoms with Gasteiger partial charge in [-0.1, -0.05) is 65.7 Å². The number of benzene rings is 2. The van der Waals surface area contributed by atoms with Gasteiger partial charge in [0.25, 0.3) is 0 Å². The molecule has 1 saturated heterocycles. The first-order valence-electron chi connectivity index (χ1n) is 10.6. The standard InChI is InChI=1S/C25H26N4O3/c1-16-4-8-18(9-5-16)24(19-10-6-17(2)7-11-19)22(25-26-27-28-29(25)3)13-12-21-14-20(30)15-23(31)32-21/h4-13,20-21,30H,14-15H2,1-3H3/b13-12+/t20-,21-/m1/s1. The maximum Gasteiger partial charge on any atom is 0.309 e. The number of aliphatic hydroxyl groups is 1. The molecule has 0 bridgehead atoms. The maximum atomic E-state index is 11.8. The summed E-state index contributed by atoms with van der Waals surface area (Å²) in [6, 6.07) is 16.6. The summed E-state index contributed by atoms with van der Waals surface area (Å²) in [5.74, 6) is 0.182. The fourth-order valence-electron chi connectivity index (χ4n) is 3.78. The third-order valence-electron chi connectivity index (χ3n) is 5.48. The van der Waals surface area contributed by atoms with E-state index >= 15 is 0 Å². The first-order valence-corrected chi connectivity index (χ1v) is 10.6. The molecule has 1 N–H and O–H groups in total. The van der Waals surface area contributed by atoms with Crippen molar-refractivity contribution in [2.45, 2.75) is 38.9 Å². The second-order valence-corrected chi connectivity index (χ2v) is 8.13. The summed E-state index contributed by atoms with van der Waals surface area (Å²) in [6.45, 7) is 4.10. The van der Waals surface area contributed by atoms with Crippen LogP contribution in [-0.2, 0) is 16.6 Å². The zero-order valence-electron chi connectivity index (χ0n) is 18.4. The molecule has 4 rings (SSSR count). The molecule has 0 aliphatic carbocycles. The van der Waals surface area contributed by atoms with Gasteiger partial charge in [0.05, 0.1) is 12.5 Å². The van der Waals surface area contributed by atoms with Gasteiger partial charge in [0, 0.05) is 19.0 Å². The number of hydrogen-bond acceptors (Lipinski definition) is 6. The number of rotatable bonds is 5. The fraction of sp³-hybridized carbons (Fsp3) is 0.280. The molecule has 1 aliphatic rings. The highest BCUT2D eigenvalue weighted by Gasteiger charge is 2.26. The normalized spacial score (nSPS) is 18.6. The summed E-state index contributed by atoms with van der Waals surface area (Å²) < 4.78 is 7.03. The lowest BCUT2D eigenvalue weighted by Gasteiger charge is -2.23. The molecule has 0 amide bonds. The van der Waals surface area contributed by atoms with E-state index in [0.717, 1.165) is 33.4 Å². The zero-order chi connectivity index (χ0) is 22.7. The topological polar surface area (TPSA) is 90.1 Å². The van der Waals surface area contributed by atoms with Crippen LogP contribution < -0.4 is 0 Å². The van der Waals surface area contributed by atoms with Gasteiger partial charge in [0.15, 0.2) is 5.82 Å². The van der Waals surface area contributed by atoms with Gasteiger partial charge >= 0.3 is 5.97 Å². The smallest absolute Gasteiger partial charge is 0.309 e. The predicted octanol–water partition coefficient (Wildman–Crippen LogP) is 3.41. The average molecular weight is 431 g/mol. The Labute approximate surface area is 187 Å². The third kappa shape index (κ3) is 4.84. The Kier molecular flexibility index (Phi) is 6.28. The van der Waals surface area contributed by atoms with Gasteiger partial charge in [-0.15, -0.1) is 5.10 Å². The Hall–Kier alpha value is -3.58. The first-order chi connectivity index (χ1) is 15.4. The first kappa shape index (κ1) is 21.6. The average Bonchev–Trinajstić information content (AvgIpc) is 3.18. The van der Waals surface area contributed by atoms with Crippen LogP contribution in [0.4, 0.5) is 0 Å². The molecular weight excluding hydrogens is 404 g/mol. The van der Waals surface area contributed by atoms with Crippen molar-refractivity contribution >= 4 is 17.1 Å². The SMILES string of the molecule is Cc1ccc(C(=C(/C=C/[C@@H]2C[C@@H](O)CC(=O)O2)c2nnnn2C)c2ccc(C)cc2)cc1. The molecule has 2 aromatic carbocycles. The van der Waals surface area contributed by atoms with E-state index in [4.69, 9.17) is 4.74 Å². The van der Waals surface area contributed by atoms with Crippen LogP contribution in [-0.4, -0.2) is 43.5 Å². The van der Waals surface area contributed by atoms with Gasteiger partial charge in [-0.3, -0.25) is 4.79 Å². The second-order valence-electron chi connectivity index (χ2n) is 8.13. The number of aromatic nitrogens is 4. The minimum absolute atomic E-state index is 0.0260. The van der Waals surface area contributed by atoms with Crippen LogP contribution in [0.15, 0.2) is 60.7 Å². The predicted molar refractivity (Wildman–Crippen MR) is 121 cm³/mol. The van der Waals surface area contributed by atoms with Crippen molar-refractivity contribution < 1.29 is 14.6 Å². The minimum Gasteiger partial charge on any atom is -0.458 e. The quantitative estimate of drug-likeness (QED) is 0.493. The second kappa shape index (κ2) is 9.28. The zero-order valence-corrected chi connectivity index (χ0v) is 18.4. The van der Waals surface area contributed by atoms with Crippen LogP contribution in [0.3, 0.4) is 0 Å². The number of allylic oxidation sites excluding steroid dienone is 2. The summed E-state index contributed by atoms with van der Waals surface area (Å²) >= 11 is 0. The fourth-order valence-corrected chi connectivity index (χ4v) is 3.78. The van der Waals surface area contributed by atoms with Gasteiger partial charge in [-0.2, -0.15) is 0 Å². The maximum absolute atomic E-state index is 11.8. The van der Waals surface area contributed by atoms with Crippen molar-refractivity contribution in [2.24, 2.45) is 7.05 Å². The molecule has 2 atom stereocenters. The number of aryl methyl sites for hydroxylation is 3. The van der Waals surface area contributed by atoms with E-state index in [1.54, 1.807) is 17.8 Å². The lowest BCUT2D eigenvalue weighted by molar-refractivity contribution is -0.156. The summed E-state index contributed by atoms with van der Waals surface area (Å²) in [5, 5.41) is 22.1. The van der Waals surface area contributed by atoms with Crippen molar-refractivity contribution in [3.63, 3.8) is 0 Å². The molecule has 0 unspecified atom stereocenters. The number of ether oxygens (including phenoxy) is 1. The van der Waals surface area contributed by atoms with E-state index in [0.29, 0.717) is 12.2 Å². The Morgan fingerprint density at radius 1 is 1.06 bits per heavy atom. The number of esters is 1. The van der Waals surface area contributed by atoms with E-state index in [1.807, 2.05) is 6.08 Å².